The topological polar surface area (TPSA) is 71.9 Å². The van der Waals surface area contributed by atoms with Gasteiger partial charge in [-0.05, 0) is 30.5 Å². The molecule has 0 saturated heterocycles. The number of carbonyl (C=O) groups is 2. The van der Waals surface area contributed by atoms with E-state index in [2.05, 4.69) is 15.4 Å². The number of hydrogen-bond acceptors (Lipinski definition) is 3. The van der Waals surface area contributed by atoms with Crippen molar-refractivity contribution in [1.29, 1.82) is 0 Å². The van der Waals surface area contributed by atoms with Crippen molar-refractivity contribution in [3.63, 3.8) is 0 Å². The maximum atomic E-state index is 12.1. The minimum Gasteiger partial charge on any atom is -0.435 e. The lowest BCUT2D eigenvalue weighted by molar-refractivity contribution is -0.862. The van der Waals surface area contributed by atoms with Gasteiger partial charge < -0.3 is 20.3 Å². The van der Waals surface area contributed by atoms with Gasteiger partial charge >= 0.3 is 6.61 Å². The highest BCUT2D eigenvalue weighted by Gasteiger charge is 2.13. The molecule has 6 nitrogen and oxygen atoms in total. The molecule has 1 aromatic carbocycles. The van der Waals surface area contributed by atoms with Gasteiger partial charge in [-0.15, -0.1) is 0 Å². The van der Waals surface area contributed by atoms with Crippen LogP contribution in [0.2, 0.25) is 0 Å². The van der Waals surface area contributed by atoms with Crippen molar-refractivity contribution in [3.05, 3.63) is 29.8 Å². The molecule has 0 fully saturated rings. The highest BCUT2D eigenvalue weighted by Crippen LogP contribution is 2.14. The lowest BCUT2D eigenvalue weighted by Crippen LogP contribution is -3.11. The second-order valence-electron chi connectivity index (χ2n) is 5.78. The van der Waals surface area contributed by atoms with E-state index < -0.39 is 6.61 Å². The van der Waals surface area contributed by atoms with Gasteiger partial charge in [-0.3, -0.25) is 9.59 Å². The molecule has 1 rings (SSSR count). The smallest absolute Gasteiger partial charge is 0.387 e. The van der Waals surface area contributed by atoms with Gasteiger partial charge in [-0.25, -0.2) is 0 Å². The fourth-order valence-electron chi connectivity index (χ4n) is 2.18. The van der Waals surface area contributed by atoms with Gasteiger partial charge in [0.2, 0.25) is 0 Å². The molecule has 2 amide bonds. The van der Waals surface area contributed by atoms with Gasteiger partial charge in [-0.2, -0.15) is 8.78 Å². The van der Waals surface area contributed by atoms with Gasteiger partial charge in [0.05, 0.1) is 7.05 Å². The maximum absolute atomic E-state index is 12.1. The van der Waals surface area contributed by atoms with E-state index in [4.69, 9.17) is 0 Å². The molecule has 140 valence electrons. The Kier molecular flexibility index (Phi) is 9.46. The van der Waals surface area contributed by atoms with E-state index in [1.54, 1.807) is 19.2 Å². The van der Waals surface area contributed by atoms with Crippen molar-refractivity contribution in [1.82, 2.24) is 10.6 Å². The normalized spacial score (nSPS) is 11.9. The van der Waals surface area contributed by atoms with Gasteiger partial charge in [0.15, 0.2) is 13.1 Å². The summed E-state index contributed by atoms with van der Waals surface area (Å²) in [6.45, 7) is 0.667. The first-order valence-corrected chi connectivity index (χ1v) is 8.29. The Morgan fingerprint density at radius 3 is 2.16 bits per heavy atom. The first kappa shape index (κ1) is 20.8. The van der Waals surface area contributed by atoms with Crippen molar-refractivity contribution in [3.8, 4) is 5.75 Å². The van der Waals surface area contributed by atoms with Crippen molar-refractivity contribution in [2.45, 2.75) is 26.4 Å². The standard InChI is InChI=1S/C17H25F2N3O3/c1-3-9-20-15(23)11-22(2)12-16(24)21-10-8-13-4-6-14(7-5-13)25-17(18)19/h4-7,17H,3,8-12H2,1-2H3,(H,20,23)(H,21,24)/p+1. The van der Waals surface area contributed by atoms with Crippen molar-refractivity contribution in [2.75, 3.05) is 33.2 Å². The predicted molar refractivity (Wildman–Crippen MR) is 89.7 cm³/mol. The summed E-state index contributed by atoms with van der Waals surface area (Å²) in [6.07, 6.45) is 1.46. The maximum Gasteiger partial charge on any atom is 0.387 e. The minimum absolute atomic E-state index is 0.0711. The quantitative estimate of drug-likeness (QED) is 0.521. The molecule has 0 spiro atoms. The van der Waals surface area contributed by atoms with Crippen LogP contribution >= 0.6 is 0 Å². The molecule has 0 aliphatic carbocycles. The summed E-state index contributed by atoms with van der Waals surface area (Å²) in [7, 11) is 1.78. The van der Waals surface area contributed by atoms with Crippen LogP contribution in [0.25, 0.3) is 0 Å². The Labute approximate surface area is 146 Å². The van der Waals surface area contributed by atoms with Crippen LogP contribution in [0.4, 0.5) is 8.78 Å². The molecule has 1 unspecified atom stereocenters. The van der Waals surface area contributed by atoms with Gasteiger partial charge in [0.25, 0.3) is 11.8 Å². The predicted octanol–water partition coefficient (Wildman–Crippen LogP) is -0.0124. The van der Waals surface area contributed by atoms with E-state index in [1.807, 2.05) is 6.92 Å². The number of likely N-dealkylation sites (N-methyl/N-ethyl adjacent to an activating group) is 1. The summed E-state index contributed by atoms with van der Waals surface area (Å²) < 4.78 is 28.4. The lowest BCUT2D eigenvalue weighted by Gasteiger charge is -2.13. The number of ether oxygens (including phenoxy) is 1. The zero-order valence-electron chi connectivity index (χ0n) is 14.6. The second-order valence-corrected chi connectivity index (χ2v) is 5.78. The Morgan fingerprint density at radius 2 is 1.64 bits per heavy atom. The zero-order valence-corrected chi connectivity index (χ0v) is 14.6. The minimum atomic E-state index is -2.84. The third-order valence-electron chi connectivity index (χ3n) is 3.38. The fraction of sp³-hybridized carbons (Fsp3) is 0.529. The number of alkyl halides is 2. The van der Waals surface area contributed by atoms with Crippen molar-refractivity contribution >= 4 is 11.8 Å². The highest BCUT2D eigenvalue weighted by atomic mass is 19.3. The monoisotopic (exact) mass is 358 g/mol. The Balaban J connectivity index is 2.24. The zero-order chi connectivity index (χ0) is 18.7. The highest BCUT2D eigenvalue weighted by molar-refractivity contribution is 5.78. The van der Waals surface area contributed by atoms with E-state index in [1.165, 1.54) is 12.1 Å². The van der Waals surface area contributed by atoms with Crippen molar-refractivity contribution in [2.24, 2.45) is 0 Å². The van der Waals surface area contributed by atoms with Crippen LogP contribution < -0.4 is 20.3 Å². The van der Waals surface area contributed by atoms with E-state index in [0.717, 1.165) is 16.9 Å². The Bertz CT molecular complexity index is 538. The van der Waals surface area contributed by atoms with Gasteiger partial charge in [-0.1, -0.05) is 19.1 Å². The SMILES string of the molecule is CCCNC(=O)C[NH+](C)CC(=O)NCCc1ccc(OC(F)F)cc1. The van der Waals surface area contributed by atoms with Crippen LogP contribution in [0.1, 0.15) is 18.9 Å². The Morgan fingerprint density at radius 1 is 1.08 bits per heavy atom. The first-order chi connectivity index (χ1) is 11.9. The van der Waals surface area contributed by atoms with Crippen LogP contribution in [0, 0.1) is 0 Å². The molecule has 0 bridgehead atoms. The fourth-order valence-corrected chi connectivity index (χ4v) is 2.18. The average Bonchev–Trinajstić information content (AvgIpc) is 2.53. The molecule has 8 heteroatoms. The summed E-state index contributed by atoms with van der Waals surface area (Å²) in [5.41, 5.74) is 0.904. The summed E-state index contributed by atoms with van der Waals surface area (Å²) in [5.74, 6) is -0.105. The molecule has 25 heavy (non-hydrogen) atoms. The second kappa shape index (κ2) is 11.4. The van der Waals surface area contributed by atoms with Crippen molar-refractivity contribution < 1.29 is 28.0 Å². The molecular weight excluding hydrogens is 332 g/mol. The summed E-state index contributed by atoms with van der Waals surface area (Å²) >= 11 is 0. The Hall–Kier alpha value is -2.22. The molecule has 3 N–H and O–H groups in total. The molecule has 1 aromatic rings. The first-order valence-electron chi connectivity index (χ1n) is 8.29. The third kappa shape index (κ3) is 9.61. The number of nitrogens with one attached hydrogen (secondary N) is 3. The van der Waals surface area contributed by atoms with Gasteiger partial charge in [0, 0.05) is 13.1 Å². The van der Waals surface area contributed by atoms with Crippen LogP contribution in [-0.2, 0) is 16.0 Å². The number of carbonyl (C=O) groups excluding carboxylic acids is 2. The lowest BCUT2D eigenvalue weighted by atomic mass is 10.1. The number of benzene rings is 1. The molecular formula is C17H26F2N3O3+. The number of halogens is 2. The van der Waals surface area contributed by atoms with Crippen LogP contribution in [-0.4, -0.2) is 51.7 Å². The number of rotatable bonds is 11. The average molecular weight is 358 g/mol. The summed E-state index contributed by atoms with van der Waals surface area (Å²) in [4.78, 5) is 24.2. The molecule has 0 aromatic heterocycles. The summed E-state index contributed by atoms with van der Waals surface area (Å²) in [6, 6.07) is 6.30. The molecule has 0 radical (unpaired) electrons. The molecule has 0 aliphatic rings. The third-order valence-corrected chi connectivity index (χ3v) is 3.38. The summed E-state index contributed by atoms with van der Waals surface area (Å²) in [5, 5.41) is 5.55. The van der Waals surface area contributed by atoms with Gasteiger partial charge in [0.1, 0.15) is 5.75 Å². The van der Waals surface area contributed by atoms with E-state index in [0.29, 0.717) is 19.5 Å². The van der Waals surface area contributed by atoms with Crippen LogP contribution in [0.5, 0.6) is 5.75 Å². The number of hydrogen-bond donors (Lipinski definition) is 3. The van der Waals surface area contributed by atoms with E-state index >= 15 is 0 Å². The van der Waals surface area contributed by atoms with Crippen LogP contribution in [0.3, 0.4) is 0 Å². The molecule has 0 aliphatic heterocycles. The van der Waals surface area contributed by atoms with Crippen LogP contribution in [0.15, 0.2) is 24.3 Å². The number of amides is 2. The largest absolute Gasteiger partial charge is 0.435 e. The van der Waals surface area contributed by atoms with E-state index in [9.17, 15) is 18.4 Å². The van der Waals surface area contributed by atoms with E-state index in [-0.39, 0.29) is 30.7 Å². The molecule has 1 atom stereocenters. The molecule has 0 heterocycles. The number of quaternary nitrogens is 1. The molecule has 0 saturated carbocycles.